The van der Waals surface area contributed by atoms with Crippen LogP contribution in [-0.2, 0) is 9.53 Å². The Balaban J connectivity index is 1.67. The van der Waals surface area contributed by atoms with E-state index in [-0.39, 0.29) is 12.0 Å². The van der Waals surface area contributed by atoms with Gasteiger partial charge in [-0.15, -0.1) is 0 Å². The van der Waals surface area contributed by atoms with Gasteiger partial charge in [0, 0.05) is 12.7 Å². The maximum Gasteiger partial charge on any atom is 0.311 e. The summed E-state index contributed by atoms with van der Waals surface area (Å²) in [5, 5.41) is 21.3. The monoisotopic (exact) mass is 425 g/mol. The molecule has 0 aliphatic carbocycles. The number of nitro groups is 1. The lowest BCUT2D eigenvalue weighted by atomic mass is 10.1. The molecular weight excluding hydrogens is 406 g/mol. The van der Waals surface area contributed by atoms with Crippen molar-refractivity contribution in [1.29, 1.82) is 0 Å². The molecule has 1 N–H and O–H groups in total. The second-order valence-electron chi connectivity index (χ2n) is 6.90. The molecule has 1 atom stereocenters. The van der Waals surface area contributed by atoms with Gasteiger partial charge >= 0.3 is 5.69 Å². The molecule has 2 aromatic rings. The zero-order valence-corrected chi connectivity index (χ0v) is 16.7. The fraction of sp³-hybridized carbons (Fsp3) is 0.238. The van der Waals surface area contributed by atoms with Crippen molar-refractivity contribution < 1.29 is 19.6 Å². The molecule has 0 saturated carbocycles. The molecular formula is C21H19N3O5S. The van der Waals surface area contributed by atoms with Gasteiger partial charge in [0.1, 0.15) is 0 Å². The van der Waals surface area contributed by atoms with Gasteiger partial charge in [-0.1, -0.05) is 24.3 Å². The quantitative estimate of drug-likeness (QED) is 0.440. The molecule has 0 bridgehead atoms. The second-order valence-corrected chi connectivity index (χ2v) is 7.91. The highest BCUT2D eigenvalue weighted by atomic mass is 32.2. The number of nitrogens with zero attached hydrogens (tertiary/aromatic N) is 3. The van der Waals surface area contributed by atoms with Crippen LogP contribution in [0.3, 0.4) is 0 Å². The average Bonchev–Trinajstić information content (AvgIpc) is 3.34. The molecule has 2 saturated heterocycles. The van der Waals surface area contributed by atoms with E-state index in [1.54, 1.807) is 11.0 Å². The first-order valence-corrected chi connectivity index (χ1v) is 10.3. The fourth-order valence-electron chi connectivity index (χ4n) is 3.29. The van der Waals surface area contributed by atoms with Gasteiger partial charge in [-0.05, 0) is 54.4 Å². The smallest absolute Gasteiger partial charge is 0.311 e. The minimum atomic E-state index is -0.660. The van der Waals surface area contributed by atoms with E-state index in [0.29, 0.717) is 28.8 Å². The number of carbonyl (C=O) groups excluding carboxylic acids is 1. The number of hydrogen-bond donors (Lipinski definition) is 1. The third kappa shape index (κ3) is 4.37. The highest BCUT2D eigenvalue weighted by Crippen LogP contribution is 2.36. The molecule has 2 fully saturated rings. The Kier molecular flexibility index (Phi) is 5.82. The number of nitro benzene ring substituents is 1. The fourth-order valence-corrected chi connectivity index (χ4v) is 4.29. The Morgan fingerprint density at radius 2 is 2.10 bits per heavy atom. The number of benzene rings is 2. The molecule has 0 aromatic heterocycles. The Morgan fingerprint density at radius 1 is 1.30 bits per heavy atom. The first-order valence-electron chi connectivity index (χ1n) is 9.45. The van der Waals surface area contributed by atoms with Gasteiger partial charge in [-0.3, -0.25) is 19.8 Å². The third-order valence-corrected chi connectivity index (χ3v) is 5.78. The molecule has 2 aromatic carbocycles. The number of carbonyl (C=O) groups is 1. The van der Waals surface area contributed by atoms with Crippen molar-refractivity contribution >= 4 is 40.3 Å². The van der Waals surface area contributed by atoms with Crippen LogP contribution in [0.15, 0.2) is 58.4 Å². The lowest BCUT2D eigenvalue weighted by Crippen LogP contribution is -2.36. The van der Waals surface area contributed by atoms with Crippen molar-refractivity contribution in [2.24, 2.45) is 4.99 Å². The maximum absolute atomic E-state index is 13.1. The van der Waals surface area contributed by atoms with Crippen molar-refractivity contribution in [3.63, 3.8) is 0 Å². The summed E-state index contributed by atoms with van der Waals surface area (Å²) in [6.07, 6.45) is 3.39. The van der Waals surface area contributed by atoms with Crippen LogP contribution in [0.25, 0.3) is 6.08 Å². The summed E-state index contributed by atoms with van der Waals surface area (Å²) in [6.45, 7) is 1.09. The Labute approximate surface area is 177 Å². The number of thioether (sulfide) groups is 1. The number of para-hydroxylation sites is 1. The number of aliphatic imine (C=N–C) groups is 1. The molecule has 0 spiro atoms. The Hall–Kier alpha value is -3.17. The molecule has 0 radical (unpaired) electrons. The number of ether oxygens (including phenoxy) is 1. The molecule has 2 aliphatic rings. The standard InChI is InChI=1S/C21H19N3O5S/c25-18-9-8-14(11-17(18)24(27)28)12-19-20(26)23(13-16-7-4-10-29-16)21(30-19)22-15-5-2-1-3-6-15/h1-3,5-6,8-9,11-12,16,25H,4,7,10,13H2/b19-12+,22-21?/t16-/m0/s1. The van der Waals surface area contributed by atoms with Crippen LogP contribution < -0.4 is 0 Å². The van der Waals surface area contributed by atoms with E-state index in [9.17, 15) is 20.0 Å². The van der Waals surface area contributed by atoms with Gasteiger partial charge in [0.05, 0.1) is 28.2 Å². The Morgan fingerprint density at radius 3 is 2.80 bits per heavy atom. The van der Waals surface area contributed by atoms with Gasteiger partial charge in [0.25, 0.3) is 5.91 Å². The van der Waals surface area contributed by atoms with E-state index in [1.807, 2.05) is 30.3 Å². The summed E-state index contributed by atoms with van der Waals surface area (Å²) in [5.41, 5.74) is 0.772. The molecule has 9 heteroatoms. The Bertz CT molecular complexity index is 1030. The zero-order valence-electron chi connectivity index (χ0n) is 15.9. The number of hydrogen-bond acceptors (Lipinski definition) is 7. The van der Waals surface area contributed by atoms with Crippen LogP contribution in [0.4, 0.5) is 11.4 Å². The first-order chi connectivity index (χ1) is 14.5. The summed E-state index contributed by atoms with van der Waals surface area (Å²) in [6, 6.07) is 13.4. The van der Waals surface area contributed by atoms with Gasteiger partial charge < -0.3 is 9.84 Å². The number of phenols is 1. The van der Waals surface area contributed by atoms with Crippen LogP contribution >= 0.6 is 11.8 Å². The van der Waals surface area contributed by atoms with Crippen molar-refractivity contribution in [2.75, 3.05) is 13.2 Å². The van der Waals surface area contributed by atoms with Gasteiger partial charge in [0.2, 0.25) is 0 Å². The number of amidine groups is 1. The molecule has 30 heavy (non-hydrogen) atoms. The van der Waals surface area contributed by atoms with E-state index in [1.165, 1.54) is 30.0 Å². The topological polar surface area (TPSA) is 105 Å². The summed E-state index contributed by atoms with van der Waals surface area (Å²) in [4.78, 5) is 30.2. The van der Waals surface area contributed by atoms with Gasteiger partial charge in [0.15, 0.2) is 10.9 Å². The van der Waals surface area contributed by atoms with Crippen molar-refractivity contribution in [2.45, 2.75) is 18.9 Å². The van der Waals surface area contributed by atoms with Crippen LogP contribution in [0, 0.1) is 10.1 Å². The molecule has 4 rings (SSSR count). The molecule has 2 heterocycles. The van der Waals surface area contributed by atoms with E-state index in [0.717, 1.165) is 18.5 Å². The molecule has 154 valence electrons. The van der Waals surface area contributed by atoms with Gasteiger partial charge in [-0.2, -0.15) is 0 Å². The summed E-state index contributed by atoms with van der Waals surface area (Å²) in [5.74, 6) is -0.639. The average molecular weight is 425 g/mol. The molecule has 2 aliphatic heterocycles. The highest BCUT2D eigenvalue weighted by molar-refractivity contribution is 8.18. The van der Waals surface area contributed by atoms with Crippen molar-refractivity contribution in [1.82, 2.24) is 4.90 Å². The largest absolute Gasteiger partial charge is 0.502 e. The normalized spacial score (nSPS) is 21.7. The van der Waals surface area contributed by atoms with Crippen LogP contribution in [0.2, 0.25) is 0 Å². The predicted octanol–water partition coefficient (Wildman–Crippen LogP) is 4.08. The minimum absolute atomic E-state index is 0.0374. The lowest BCUT2D eigenvalue weighted by Gasteiger charge is -2.19. The van der Waals surface area contributed by atoms with Crippen LogP contribution in [0.5, 0.6) is 5.75 Å². The predicted molar refractivity (Wildman–Crippen MR) is 115 cm³/mol. The van der Waals surface area contributed by atoms with Gasteiger partial charge in [-0.25, -0.2) is 4.99 Å². The second kappa shape index (κ2) is 8.68. The minimum Gasteiger partial charge on any atom is -0.502 e. The number of rotatable bonds is 5. The van der Waals surface area contributed by atoms with E-state index < -0.39 is 16.4 Å². The first kappa shape index (κ1) is 20.1. The van der Waals surface area contributed by atoms with E-state index >= 15 is 0 Å². The van der Waals surface area contributed by atoms with Crippen molar-refractivity contribution in [3.05, 3.63) is 69.1 Å². The van der Waals surface area contributed by atoms with E-state index in [4.69, 9.17) is 4.74 Å². The summed E-state index contributed by atoms with van der Waals surface area (Å²) >= 11 is 1.22. The molecule has 0 unspecified atom stereocenters. The molecule has 8 nitrogen and oxygen atoms in total. The lowest BCUT2D eigenvalue weighted by molar-refractivity contribution is -0.385. The molecule has 1 amide bonds. The zero-order chi connectivity index (χ0) is 21.1. The van der Waals surface area contributed by atoms with E-state index in [2.05, 4.69) is 4.99 Å². The number of amides is 1. The SMILES string of the molecule is O=C1/C(=C\c2ccc(O)c([N+](=O)[O-])c2)SC(=Nc2ccccc2)N1C[C@@H]1CCCO1. The summed E-state index contributed by atoms with van der Waals surface area (Å²) in [7, 11) is 0. The summed E-state index contributed by atoms with van der Waals surface area (Å²) < 4.78 is 5.69. The third-order valence-electron chi connectivity index (χ3n) is 4.77. The van der Waals surface area contributed by atoms with Crippen molar-refractivity contribution in [3.8, 4) is 5.75 Å². The van der Waals surface area contributed by atoms with Crippen LogP contribution in [0.1, 0.15) is 18.4 Å². The number of aromatic hydroxyl groups is 1. The maximum atomic E-state index is 13.1. The van der Waals surface area contributed by atoms with Crippen LogP contribution in [-0.4, -0.2) is 45.3 Å². The number of phenolic OH excluding ortho intramolecular Hbond substituents is 1. The highest BCUT2D eigenvalue weighted by Gasteiger charge is 2.36.